The Morgan fingerprint density at radius 1 is 0.589 bits per heavy atom. The van der Waals surface area contributed by atoms with Gasteiger partial charge in [0.05, 0.1) is 6.61 Å². The number of phenols is 2. The van der Waals surface area contributed by atoms with Crippen LogP contribution in [0.25, 0.3) is 0 Å². The number of aryl methyl sites for hydroxylation is 6. The van der Waals surface area contributed by atoms with Gasteiger partial charge in [0.15, 0.2) is 0 Å². The van der Waals surface area contributed by atoms with Crippen LogP contribution >= 0.6 is 0 Å². The predicted octanol–water partition coefficient (Wildman–Crippen LogP) is 11.0. The molecule has 0 aromatic heterocycles. The van der Waals surface area contributed by atoms with Gasteiger partial charge in [0, 0.05) is 26.6 Å². The second-order valence-electron chi connectivity index (χ2n) is 11.5. The maximum Gasteiger partial charge on any atom is 0.312 e. The van der Waals surface area contributed by atoms with Crippen molar-refractivity contribution in [3.63, 3.8) is 0 Å². The molecular formula is C46H71N3O7. The fourth-order valence-corrected chi connectivity index (χ4v) is 5.10. The molecule has 0 atom stereocenters. The molecule has 0 aliphatic heterocycles. The molecule has 0 saturated carbocycles. The highest BCUT2D eigenvalue weighted by Crippen LogP contribution is 2.32. The van der Waals surface area contributed by atoms with E-state index < -0.39 is 6.03 Å². The van der Waals surface area contributed by atoms with E-state index in [-0.39, 0.29) is 17.4 Å². The van der Waals surface area contributed by atoms with Gasteiger partial charge in [0.1, 0.15) is 34.5 Å². The van der Waals surface area contributed by atoms with Crippen LogP contribution in [0, 0.1) is 27.7 Å². The molecule has 0 aliphatic rings. The quantitative estimate of drug-likeness (QED) is 0.0799. The van der Waals surface area contributed by atoms with E-state index in [0.717, 1.165) is 52.2 Å². The minimum absolute atomic E-state index is 0.0248. The van der Waals surface area contributed by atoms with E-state index in [0.29, 0.717) is 44.0 Å². The van der Waals surface area contributed by atoms with Gasteiger partial charge in [-0.15, -0.1) is 0 Å². The normalized spacial score (nSPS) is 9.38. The van der Waals surface area contributed by atoms with Crippen molar-refractivity contribution >= 4 is 11.9 Å². The summed E-state index contributed by atoms with van der Waals surface area (Å²) in [6, 6.07) is 21.1. The van der Waals surface area contributed by atoms with E-state index in [4.69, 9.17) is 19.9 Å². The van der Waals surface area contributed by atoms with Crippen LogP contribution in [0.15, 0.2) is 72.8 Å². The van der Waals surface area contributed by atoms with Gasteiger partial charge in [-0.05, 0) is 129 Å². The van der Waals surface area contributed by atoms with Crippen LogP contribution in [-0.4, -0.2) is 49.0 Å². The molecule has 312 valence electrons. The predicted molar refractivity (Wildman–Crippen MR) is 233 cm³/mol. The van der Waals surface area contributed by atoms with Crippen molar-refractivity contribution in [3.8, 4) is 34.5 Å². The second kappa shape index (κ2) is 32.1. The zero-order valence-electron chi connectivity index (χ0n) is 36.4. The van der Waals surface area contributed by atoms with Crippen LogP contribution in [0.5, 0.6) is 34.5 Å². The lowest BCUT2D eigenvalue weighted by molar-refractivity contribution is -0.121. The number of aromatic hydroxyl groups is 2. The van der Waals surface area contributed by atoms with Crippen molar-refractivity contribution in [2.75, 3.05) is 26.8 Å². The van der Waals surface area contributed by atoms with E-state index >= 15 is 0 Å². The van der Waals surface area contributed by atoms with Crippen molar-refractivity contribution in [1.29, 1.82) is 0 Å². The Morgan fingerprint density at radius 3 is 1.32 bits per heavy atom. The number of hydrogen-bond donors (Lipinski definition) is 5. The van der Waals surface area contributed by atoms with Crippen molar-refractivity contribution in [2.24, 2.45) is 5.73 Å². The summed E-state index contributed by atoms with van der Waals surface area (Å²) in [6.45, 7) is 25.6. The van der Waals surface area contributed by atoms with Crippen LogP contribution in [0.2, 0.25) is 0 Å². The molecule has 4 rings (SSSR count). The Labute approximate surface area is 337 Å². The minimum Gasteiger partial charge on any atom is -0.508 e. The third-order valence-electron chi connectivity index (χ3n) is 7.36. The van der Waals surface area contributed by atoms with Gasteiger partial charge in [-0.3, -0.25) is 4.79 Å². The summed E-state index contributed by atoms with van der Waals surface area (Å²) in [4.78, 5) is 22.4. The summed E-state index contributed by atoms with van der Waals surface area (Å²) in [5, 5.41) is 24.1. The van der Waals surface area contributed by atoms with Crippen molar-refractivity contribution in [2.45, 2.75) is 109 Å². The topological polar surface area (TPSA) is 152 Å². The van der Waals surface area contributed by atoms with Crippen molar-refractivity contribution in [3.05, 3.63) is 106 Å². The van der Waals surface area contributed by atoms with E-state index in [2.05, 4.69) is 22.8 Å². The van der Waals surface area contributed by atoms with E-state index in [1.165, 1.54) is 5.56 Å². The molecule has 4 aromatic rings. The highest BCUT2D eigenvalue weighted by atomic mass is 16.5. The van der Waals surface area contributed by atoms with Crippen molar-refractivity contribution in [1.82, 2.24) is 10.6 Å². The van der Waals surface area contributed by atoms with Gasteiger partial charge in [0.2, 0.25) is 5.91 Å². The first-order valence-electron chi connectivity index (χ1n) is 19.9. The van der Waals surface area contributed by atoms with Crippen LogP contribution in [0.3, 0.4) is 0 Å². The number of carbonyl (C=O) groups is 2. The number of urea groups is 1. The fraction of sp³-hybridized carbons (Fsp3) is 0.435. The molecule has 0 aliphatic carbocycles. The summed E-state index contributed by atoms with van der Waals surface area (Å²) in [5.41, 5.74) is 11.5. The monoisotopic (exact) mass is 778 g/mol. The van der Waals surface area contributed by atoms with Gasteiger partial charge in [-0.25, -0.2) is 4.79 Å². The number of hydrogen-bond acceptors (Lipinski definition) is 7. The molecule has 0 spiro atoms. The summed E-state index contributed by atoms with van der Waals surface area (Å²) >= 11 is 0. The average Bonchev–Trinajstić information content (AvgIpc) is 3.20. The molecule has 56 heavy (non-hydrogen) atoms. The van der Waals surface area contributed by atoms with Gasteiger partial charge >= 0.3 is 6.03 Å². The van der Waals surface area contributed by atoms with Crippen molar-refractivity contribution < 1.29 is 34.0 Å². The number of primary amides is 1. The first-order valence-corrected chi connectivity index (χ1v) is 19.9. The Kier molecular flexibility index (Phi) is 30.3. The largest absolute Gasteiger partial charge is 0.508 e. The van der Waals surface area contributed by atoms with E-state index in [1.54, 1.807) is 55.6 Å². The Hall–Kier alpha value is -5.22. The SMILES string of the molecule is CC.CC.CC.CC.COCCNC(=O)CCc1cc(C)c(Oc2ccc(O)cc2)c(C)c1.Cc1cc(CCCNC(N)=O)cc(C)c1Oc1ccc(O)cc1. The zero-order valence-corrected chi connectivity index (χ0v) is 36.4. The molecule has 4 aromatic carbocycles. The summed E-state index contributed by atoms with van der Waals surface area (Å²) in [5.74, 6) is 3.44. The standard InChI is InChI=1S/C20H25NO4.C18H22N2O3.4C2H6/c1-14-12-16(4-9-19(23)21-10-11-24-3)13-15(2)20(14)25-18-7-5-17(22)6-8-18;1-12-10-14(4-3-9-20-18(19)22)11-13(2)17(12)23-16-7-5-15(21)6-8-16;4*1-2/h5-8,12-13,22H,4,9-11H2,1-3H3,(H,21,23);5-8,10-11,21H,3-4,9H2,1-2H3,(H3,19,20,22);4*1-2H3. The number of carbonyl (C=O) groups excluding carboxylic acids is 2. The summed E-state index contributed by atoms with van der Waals surface area (Å²) < 4.78 is 16.8. The van der Waals surface area contributed by atoms with Crippen LogP contribution in [0.4, 0.5) is 4.79 Å². The number of benzene rings is 4. The molecule has 0 fully saturated rings. The van der Waals surface area contributed by atoms with E-state index in [1.807, 2.05) is 95.2 Å². The van der Waals surface area contributed by atoms with Gasteiger partial charge in [-0.2, -0.15) is 0 Å². The summed E-state index contributed by atoms with van der Waals surface area (Å²) in [6.07, 6.45) is 2.82. The third-order valence-corrected chi connectivity index (χ3v) is 7.36. The number of ether oxygens (including phenoxy) is 3. The highest BCUT2D eigenvalue weighted by Gasteiger charge is 2.11. The molecule has 10 nitrogen and oxygen atoms in total. The molecule has 0 radical (unpaired) electrons. The van der Waals surface area contributed by atoms with Crippen LogP contribution in [-0.2, 0) is 22.4 Å². The minimum atomic E-state index is -0.491. The number of phenolic OH excluding ortho intramolecular Hbond substituents is 2. The first-order chi connectivity index (χ1) is 26.9. The van der Waals surface area contributed by atoms with Gasteiger partial charge < -0.3 is 40.8 Å². The molecule has 0 bridgehead atoms. The number of nitrogens with one attached hydrogen (secondary N) is 2. The lowest BCUT2D eigenvalue weighted by Crippen LogP contribution is -2.30. The molecule has 0 heterocycles. The number of methoxy groups -OCH3 is 1. The maximum atomic E-state index is 11.8. The lowest BCUT2D eigenvalue weighted by atomic mass is 10.0. The van der Waals surface area contributed by atoms with Gasteiger partial charge in [0.25, 0.3) is 0 Å². The zero-order chi connectivity index (χ0) is 43.1. The molecule has 3 amide bonds. The number of rotatable bonds is 14. The molecule has 0 saturated heterocycles. The lowest BCUT2D eigenvalue weighted by Gasteiger charge is -2.14. The highest BCUT2D eigenvalue weighted by molar-refractivity contribution is 5.76. The number of nitrogens with two attached hydrogens (primary N) is 1. The van der Waals surface area contributed by atoms with Crippen LogP contribution in [0.1, 0.15) is 102 Å². The Bertz CT molecular complexity index is 1590. The molecule has 6 N–H and O–H groups in total. The maximum absolute atomic E-state index is 11.8. The van der Waals surface area contributed by atoms with Gasteiger partial charge in [-0.1, -0.05) is 79.7 Å². The Morgan fingerprint density at radius 2 is 0.964 bits per heavy atom. The Balaban J connectivity index is 0. The van der Waals surface area contributed by atoms with Crippen LogP contribution < -0.4 is 25.8 Å². The average molecular weight is 778 g/mol. The number of amides is 3. The molecule has 10 heteroatoms. The third kappa shape index (κ3) is 21.6. The smallest absolute Gasteiger partial charge is 0.312 e. The molecular weight excluding hydrogens is 707 g/mol. The first kappa shape index (κ1) is 52.9. The summed E-state index contributed by atoms with van der Waals surface area (Å²) in [7, 11) is 1.61. The van der Waals surface area contributed by atoms with E-state index in [9.17, 15) is 19.8 Å². The second-order valence-corrected chi connectivity index (χ2v) is 11.5. The fourth-order valence-electron chi connectivity index (χ4n) is 5.10. The molecule has 0 unspecified atom stereocenters.